The predicted molar refractivity (Wildman–Crippen MR) is 53.8 cm³/mol. The third-order valence-electron chi connectivity index (χ3n) is 2.75. The normalized spacial score (nSPS) is 23.1. The summed E-state index contributed by atoms with van der Waals surface area (Å²) in [6, 6.07) is 0. The van der Waals surface area contributed by atoms with E-state index >= 15 is 0 Å². The third kappa shape index (κ3) is 1.96. The maximum absolute atomic E-state index is 9.39. The van der Waals surface area contributed by atoms with Gasteiger partial charge in [0, 0.05) is 32.0 Å². The number of aliphatic hydroxyl groups excluding tert-OH is 1. The van der Waals surface area contributed by atoms with E-state index in [4.69, 9.17) is 0 Å². The molecule has 78 valence electrons. The number of aliphatic hydroxyl groups is 1. The lowest BCUT2D eigenvalue weighted by atomic mass is 10.3. The molecule has 0 amide bonds. The molecule has 0 aromatic carbocycles. The van der Waals surface area contributed by atoms with Crippen molar-refractivity contribution in [1.82, 2.24) is 14.5 Å². The molecule has 0 bridgehead atoms. The second-order valence-electron chi connectivity index (χ2n) is 3.81. The number of aryl methyl sites for hydroxylation is 1. The predicted octanol–water partition coefficient (Wildman–Crippen LogP) is 0.470. The first kappa shape index (κ1) is 9.68. The van der Waals surface area contributed by atoms with Gasteiger partial charge < -0.3 is 9.67 Å². The van der Waals surface area contributed by atoms with E-state index < -0.39 is 0 Å². The van der Waals surface area contributed by atoms with Gasteiger partial charge in [-0.15, -0.1) is 0 Å². The molecular formula is C10H17N3O. The summed E-state index contributed by atoms with van der Waals surface area (Å²) in [6.07, 6.45) is 4.60. The molecule has 0 spiro atoms. The van der Waals surface area contributed by atoms with Crippen LogP contribution in [-0.4, -0.2) is 38.8 Å². The van der Waals surface area contributed by atoms with Crippen molar-refractivity contribution in [2.75, 3.05) is 13.1 Å². The molecule has 1 aromatic heterocycles. The topological polar surface area (TPSA) is 41.3 Å². The molecule has 0 unspecified atom stereocenters. The molecule has 0 aliphatic carbocycles. The van der Waals surface area contributed by atoms with Gasteiger partial charge in [0.05, 0.1) is 12.6 Å². The highest BCUT2D eigenvalue weighted by molar-refractivity contribution is 4.93. The fraction of sp³-hybridized carbons (Fsp3) is 0.700. The smallest absolute Gasteiger partial charge is 0.122 e. The average molecular weight is 195 g/mol. The Morgan fingerprint density at radius 3 is 3.14 bits per heavy atom. The number of aromatic nitrogens is 2. The summed E-state index contributed by atoms with van der Waals surface area (Å²) in [5.74, 6) is 1.10. The maximum Gasteiger partial charge on any atom is 0.122 e. The van der Waals surface area contributed by atoms with Crippen LogP contribution >= 0.6 is 0 Å². The van der Waals surface area contributed by atoms with Crippen LogP contribution in [-0.2, 0) is 13.1 Å². The molecular weight excluding hydrogens is 178 g/mol. The molecule has 1 saturated heterocycles. The van der Waals surface area contributed by atoms with Gasteiger partial charge in [0.2, 0.25) is 0 Å². The average Bonchev–Trinajstić information content (AvgIpc) is 2.76. The van der Waals surface area contributed by atoms with Gasteiger partial charge >= 0.3 is 0 Å². The summed E-state index contributed by atoms with van der Waals surface area (Å²) in [6.45, 7) is 5.71. The van der Waals surface area contributed by atoms with Crippen molar-refractivity contribution < 1.29 is 5.11 Å². The lowest BCUT2D eigenvalue weighted by Gasteiger charge is -2.14. The van der Waals surface area contributed by atoms with Crippen molar-refractivity contribution in [3.05, 3.63) is 18.2 Å². The zero-order chi connectivity index (χ0) is 9.97. The Balaban J connectivity index is 1.97. The number of nitrogens with zero attached hydrogens (tertiary/aromatic N) is 3. The molecule has 0 radical (unpaired) electrons. The molecule has 1 fully saturated rings. The van der Waals surface area contributed by atoms with Crippen LogP contribution in [0.3, 0.4) is 0 Å². The first-order valence-electron chi connectivity index (χ1n) is 5.20. The molecule has 1 aliphatic heterocycles. The first-order chi connectivity index (χ1) is 6.79. The Kier molecular flexibility index (Phi) is 2.84. The minimum Gasteiger partial charge on any atom is -0.392 e. The lowest BCUT2D eigenvalue weighted by molar-refractivity contribution is 0.173. The molecule has 2 rings (SSSR count). The highest BCUT2D eigenvalue weighted by Gasteiger charge is 2.21. The van der Waals surface area contributed by atoms with Crippen molar-refractivity contribution in [3.8, 4) is 0 Å². The largest absolute Gasteiger partial charge is 0.392 e. The fourth-order valence-corrected chi connectivity index (χ4v) is 1.94. The number of β-amino-alcohol motifs (C(OH)–C–C–N with tert-alkyl or cyclic N) is 1. The van der Waals surface area contributed by atoms with E-state index in [1.165, 1.54) is 0 Å². The number of imidazole rings is 1. The Labute approximate surface area is 84.2 Å². The number of hydrogen-bond acceptors (Lipinski definition) is 3. The van der Waals surface area contributed by atoms with E-state index in [1.807, 2.05) is 12.4 Å². The van der Waals surface area contributed by atoms with E-state index in [9.17, 15) is 5.11 Å². The minimum absolute atomic E-state index is 0.139. The maximum atomic E-state index is 9.39. The van der Waals surface area contributed by atoms with Gasteiger partial charge in [-0.25, -0.2) is 4.98 Å². The zero-order valence-corrected chi connectivity index (χ0v) is 8.56. The molecule has 4 nitrogen and oxygen atoms in total. The molecule has 1 aromatic rings. The Morgan fingerprint density at radius 1 is 1.64 bits per heavy atom. The molecule has 4 heteroatoms. The summed E-state index contributed by atoms with van der Waals surface area (Å²) in [7, 11) is 0. The van der Waals surface area contributed by atoms with Crippen LogP contribution in [0.4, 0.5) is 0 Å². The van der Waals surface area contributed by atoms with Gasteiger partial charge in [-0.05, 0) is 13.3 Å². The van der Waals surface area contributed by atoms with Gasteiger partial charge in [0.15, 0.2) is 0 Å². The van der Waals surface area contributed by atoms with Gasteiger partial charge in [0.25, 0.3) is 0 Å². The lowest BCUT2D eigenvalue weighted by Crippen LogP contribution is -2.23. The van der Waals surface area contributed by atoms with Crippen LogP contribution in [0, 0.1) is 0 Å². The van der Waals surface area contributed by atoms with Crippen LogP contribution in [0.2, 0.25) is 0 Å². The summed E-state index contributed by atoms with van der Waals surface area (Å²) in [5.41, 5.74) is 0. The number of rotatable bonds is 3. The Bertz CT molecular complexity index is 297. The second-order valence-corrected chi connectivity index (χ2v) is 3.81. The number of hydrogen-bond donors (Lipinski definition) is 1. The van der Waals surface area contributed by atoms with Gasteiger partial charge in [-0.1, -0.05) is 0 Å². The van der Waals surface area contributed by atoms with E-state index in [-0.39, 0.29) is 6.10 Å². The highest BCUT2D eigenvalue weighted by atomic mass is 16.3. The summed E-state index contributed by atoms with van der Waals surface area (Å²) in [4.78, 5) is 6.56. The SMILES string of the molecule is CCn1ccnc1CN1CC[C@H](O)C1. The fourth-order valence-electron chi connectivity index (χ4n) is 1.94. The van der Waals surface area contributed by atoms with Gasteiger partial charge in [-0.2, -0.15) is 0 Å². The van der Waals surface area contributed by atoms with Crippen molar-refractivity contribution in [2.45, 2.75) is 32.5 Å². The number of likely N-dealkylation sites (tertiary alicyclic amines) is 1. The molecule has 1 aliphatic rings. The molecule has 1 atom stereocenters. The first-order valence-corrected chi connectivity index (χ1v) is 5.20. The van der Waals surface area contributed by atoms with Crippen molar-refractivity contribution in [2.24, 2.45) is 0 Å². The van der Waals surface area contributed by atoms with Crippen molar-refractivity contribution >= 4 is 0 Å². The van der Waals surface area contributed by atoms with E-state index in [0.717, 1.165) is 38.4 Å². The van der Waals surface area contributed by atoms with Crippen LogP contribution in [0.25, 0.3) is 0 Å². The Morgan fingerprint density at radius 2 is 2.50 bits per heavy atom. The van der Waals surface area contributed by atoms with Crippen LogP contribution in [0.1, 0.15) is 19.2 Å². The summed E-state index contributed by atoms with van der Waals surface area (Å²) < 4.78 is 2.14. The van der Waals surface area contributed by atoms with E-state index in [1.54, 1.807) is 0 Å². The monoisotopic (exact) mass is 195 g/mol. The zero-order valence-electron chi connectivity index (χ0n) is 8.56. The van der Waals surface area contributed by atoms with Crippen LogP contribution in [0.15, 0.2) is 12.4 Å². The van der Waals surface area contributed by atoms with Crippen LogP contribution in [0.5, 0.6) is 0 Å². The molecule has 0 saturated carbocycles. The minimum atomic E-state index is -0.139. The van der Waals surface area contributed by atoms with E-state index in [2.05, 4.69) is 21.4 Å². The van der Waals surface area contributed by atoms with Crippen molar-refractivity contribution in [3.63, 3.8) is 0 Å². The van der Waals surface area contributed by atoms with E-state index in [0.29, 0.717) is 0 Å². The second kappa shape index (κ2) is 4.11. The standard InChI is InChI=1S/C10H17N3O/c1-2-13-6-4-11-10(13)8-12-5-3-9(14)7-12/h4,6,9,14H,2-3,5,7-8H2,1H3/t9-/m0/s1. The summed E-state index contributed by atoms with van der Waals surface area (Å²) in [5, 5.41) is 9.39. The summed E-state index contributed by atoms with van der Waals surface area (Å²) >= 11 is 0. The van der Waals surface area contributed by atoms with Gasteiger partial charge in [-0.3, -0.25) is 4.90 Å². The van der Waals surface area contributed by atoms with Crippen LogP contribution < -0.4 is 0 Å². The van der Waals surface area contributed by atoms with Crippen molar-refractivity contribution in [1.29, 1.82) is 0 Å². The molecule has 14 heavy (non-hydrogen) atoms. The third-order valence-corrected chi connectivity index (χ3v) is 2.75. The highest BCUT2D eigenvalue weighted by Crippen LogP contribution is 2.12. The molecule has 2 heterocycles. The quantitative estimate of drug-likeness (QED) is 0.762. The van der Waals surface area contributed by atoms with Gasteiger partial charge in [0.1, 0.15) is 5.82 Å². The molecule has 1 N–H and O–H groups in total. The Hall–Kier alpha value is -0.870.